The molecule has 1 saturated carbocycles. The molecule has 0 aromatic heterocycles. The highest BCUT2D eigenvalue weighted by Gasteiger charge is 2.46. The van der Waals surface area contributed by atoms with Crippen molar-refractivity contribution in [2.45, 2.75) is 71.8 Å². The van der Waals surface area contributed by atoms with Gasteiger partial charge in [0, 0.05) is 0 Å². The highest BCUT2D eigenvalue weighted by Crippen LogP contribution is 2.55. The van der Waals surface area contributed by atoms with Gasteiger partial charge in [0.2, 0.25) is 0 Å². The summed E-state index contributed by atoms with van der Waals surface area (Å²) in [6, 6.07) is 0. The van der Waals surface area contributed by atoms with Crippen LogP contribution in [0.15, 0.2) is 34.9 Å². The molecule has 1 heteroatoms. The van der Waals surface area contributed by atoms with Crippen molar-refractivity contribution in [1.29, 1.82) is 0 Å². The summed E-state index contributed by atoms with van der Waals surface area (Å²) in [6.45, 7) is 7.17. The van der Waals surface area contributed by atoms with Gasteiger partial charge in [-0.2, -0.15) is 0 Å². The first-order valence-electron chi connectivity index (χ1n) is 8.75. The minimum Gasteiger partial charge on any atom is -0.393 e. The summed E-state index contributed by atoms with van der Waals surface area (Å²) in [5, 5.41) is 9.88. The molecule has 3 aliphatic rings. The number of rotatable bonds is 2. The number of aliphatic hydroxyl groups is 1. The largest absolute Gasteiger partial charge is 0.393 e. The van der Waals surface area contributed by atoms with Crippen molar-refractivity contribution in [3.63, 3.8) is 0 Å². The Kier molecular flexibility index (Phi) is 4.14. The van der Waals surface area contributed by atoms with Crippen LogP contribution in [0.2, 0.25) is 0 Å². The minimum absolute atomic E-state index is 0.134. The molecule has 0 saturated heterocycles. The third-order valence-corrected chi connectivity index (χ3v) is 6.61. The standard InChI is InChI=1S/C20H30O/c1-14-6-10-18(21)13-17(14)9-8-16-5-4-12-20(3)15(2)7-11-19(16)20/h5,8-9,15,18-19,21H,4,6-7,10-13H2,1-3H3/b9-8+/t15-,18-,19?,20+/m0/s1. The van der Waals surface area contributed by atoms with Crippen molar-refractivity contribution in [2.24, 2.45) is 17.3 Å². The zero-order chi connectivity index (χ0) is 15.0. The van der Waals surface area contributed by atoms with Crippen LogP contribution in [0.3, 0.4) is 0 Å². The molecule has 1 fully saturated rings. The van der Waals surface area contributed by atoms with Gasteiger partial charge in [-0.1, -0.05) is 37.6 Å². The fourth-order valence-electron chi connectivity index (χ4n) is 4.74. The van der Waals surface area contributed by atoms with Crippen LogP contribution in [-0.4, -0.2) is 11.2 Å². The van der Waals surface area contributed by atoms with Crippen LogP contribution in [-0.2, 0) is 0 Å². The van der Waals surface area contributed by atoms with Gasteiger partial charge in [0.15, 0.2) is 0 Å². The van der Waals surface area contributed by atoms with E-state index in [0.717, 1.165) is 31.1 Å². The molecule has 0 bridgehead atoms. The van der Waals surface area contributed by atoms with E-state index < -0.39 is 0 Å². The maximum absolute atomic E-state index is 9.88. The number of hydrogen-bond acceptors (Lipinski definition) is 1. The van der Waals surface area contributed by atoms with Gasteiger partial charge in [0.05, 0.1) is 6.10 Å². The summed E-state index contributed by atoms with van der Waals surface area (Å²) in [5.41, 5.74) is 4.92. The molecule has 1 nitrogen and oxygen atoms in total. The number of fused-ring (bicyclic) bond motifs is 1. The lowest BCUT2D eigenvalue weighted by Gasteiger charge is -2.39. The fraction of sp³-hybridized carbons (Fsp3) is 0.700. The average Bonchev–Trinajstić information content (AvgIpc) is 2.76. The molecule has 116 valence electrons. The Morgan fingerprint density at radius 1 is 1.24 bits per heavy atom. The number of hydrogen-bond donors (Lipinski definition) is 1. The van der Waals surface area contributed by atoms with Gasteiger partial charge in [-0.3, -0.25) is 0 Å². The summed E-state index contributed by atoms with van der Waals surface area (Å²) in [4.78, 5) is 0. The van der Waals surface area contributed by atoms with Crippen LogP contribution < -0.4 is 0 Å². The molecule has 0 amide bonds. The average molecular weight is 286 g/mol. The Bertz CT molecular complexity index is 496. The summed E-state index contributed by atoms with van der Waals surface area (Å²) >= 11 is 0. The van der Waals surface area contributed by atoms with E-state index in [-0.39, 0.29) is 6.10 Å². The first kappa shape index (κ1) is 15.1. The van der Waals surface area contributed by atoms with Gasteiger partial charge < -0.3 is 5.11 Å². The van der Waals surface area contributed by atoms with Crippen molar-refractivity contribution in [3.05, 3.63) is 34.9 Å². The SMILES string of the molecule is CC1=C(/C=C/C2=CCC[C@@]3(C)C2CC[C@@H]3C)C[C@@H](O)CC1. The molecule has 3 aliphatic carbocycles. The third-order valence-electron chi connectivity index (χ3n) is 6.61. The second-order valence-corrected chi connectivity index (χ2v) is 7.82. The van der Waals surface area contributed by atoms with Crippen molar-refractivity contribution >= 4 is 0 Å². The molecule has 21 heavy (non-hydrogen) atoms. The molecule has 1 N–H and O–H groups in total. The molecule has 0 radical (unpaired) electrons. The molecule has 0 heterocycles. The Morgan fingerprint density at radius 2 is 2.05 bits per heavy atom. The summed E-state index contributed by atoms with van der Waals surface area (Å²) < 4.78 is 0. The first-order chi connectivity index (χ1) is 10.0. The Morgan fingerprint density at radius 3 is 2.86 bits per heavy atom. The zero-order valence-corrected chi connectivity index (χ0v) is 13.9. The highest BCUT2D eigenvalue weighted by molar-refractivity contribution is 5.36. The van der Waals surface area contributed by atoms with E-state index in [1.165, 1.54) is 36.8 Å². The van der Waals surface area contributed by atoms with E-state index in [0.29, 0.717) is 5.41 Å². The van der Waals surface area contributed by atoms with Crippen molar-refractivity contribution in [2.75, 3.05) is 0 Å². The summed E-state index contributed by atoms with van der Waals surface area (Å²) in [6.07, 6.45) is 15.2. The van der Waals surface area contributed by atoms with E-state index in [1.807, 2.05) is 0 Å². The maximum atomic E-state index is 9.88. The van der Waals surface area contributed by atoms with Crippen LogP contribution in [0, 0.1) is 17.3 Å². The topological polar surface area (TPSA) is 20.2 Å². The predicted octanol–water partition coefficient (Wildman–Crippen LogP) is 5.18. The Hall–Kier alpha value is -0.820. The van der Waals surface area contributed by atoms with Gasteiger partial charge >= 0.3 is 0 Å². The molecule has 0 aliphatic heterocycles. The van der Waals surface area contributed by atoms with Gasteiger partial charge in [-0.25, -0.2) is 0 Å². The van der Waals surface area contributed by atoms with E-state index in [1.54, 1.807) is 5.57 Å². The molecule has 0 spiro atoms. The second kappa shape index (κ2) is 5.76. The van der Waals surface area contributed by atoms with Crippen LogP contribution in [0.4, 0.5) is 0 Å². The van der Waals surface area contributed by atoms with Gasteiger partial charge in [-0.05, 0) is 80.3 Å². The lowest BCUT2D eigenvalue weighted by Crippen LogP contribution is -2.30. The predicted molar refractivity (Wildman–Crippen MR) is 89.0 cm³/mol. The summed E-state index contributed by atoms with van der Waals surface area (Å²) in [7, 11) is 0. The monoisotopic (exact) mass is 286 g/mol. The normalized spacial score (nSPS) is 40.6. The first-order valence-corrected chi connectivity index (χ1v) is 8.75. The zero-order valence-electron chi connectivity index (χ0n) is 13.9. The van der Waals surface area contributed by atoms with Crippen LogP contribution >= 0.6 is 0 Å². The third kappa shape index (κ3) is 2.77. The van der Waals surface area contributed by atoms with E-state index in [9.17, 15) is 5.11 Å². The minimum atomic E-state index is -0.134. The Balaban J connectivity index is 1.79. The molecule has 0 aromatic rings. The van der Waals surface area contributed by atoms with E-state index in [4.69, 9.17) is 0 Å². The molecule has 3 rings (SSSR count). The molecule has 4 atom stereocenters. The van der Waals surface area contributed by atoms with Gasteiger partial charge in [0.1, 0.15) is 0 Å². The van der Waals surface area contributed by atoms with Gasteiger partial charge in [0.25, 0.3) is 0 Å². The van der Waals surface area contributed by atoms with Crippen LogP contribution in [0.25, 0.3) is 0 Å². The van der Waals surface area contributed by atoms with Crippen molar-refractivity contribution in [1.82, 2.24) is 0 Å². The smallest absolute Gasteiger partial charge is 0.0583 e. The van der Waals surface area contributed by atoms with Crippen molar-refractivity contribution < 1.29 is 5.11 Å². The van der Waals surface area contributed by atoms with Crippen LogP contribution in [0.5, 0.6) is 0 Å². The maximum Gasteiger partial charge on any atom is 0.0583 e. The fourth-order valence-corrected chi connectivity index (χ4v) is 4.74. The molecular weight excluding hydrogens is 256 g/mol. The van der Waals surface area contributed by atoms with E-state index in [2.05, 4.69) is 39.0 Å². The lowest BCUT2D eigenvalue weighted by atomic mass is 9.65. The second-order valence-electron chi connectivity index (χ2n) is 7.82. The Labute approximate surface area is 129 Å². The number of allylic oxidation sites excluding steroid dienone is 5. The van der Waals surface area contributed by atoms with Crippen LogP contribution in [0.1, 0.15) is 65.7 Å². The van der Waals surface area contributed by atoms with E-state index >= 15 is 0 Å². The molecule has 1 unspecified atom stereocenters. The summed E-state index contributed by atoms with van der Waals surface area (Å²) in [5.74, 6) is 1.61. The van der Waals surface area contributed by atoms with Gasteiger partial charge in [-0.15, -0.1) is 0 Å². The lowest BCUT2D eigenvalue weighted by molar-refractivity contribution is 0.159. The molecular formula is C20H30O. The quantitative estimate of drug-likeness (QED) is 0.742. The highest BCUT2D eigenvalue weighted by atomic mass is 16.3. The van der Waals surface area contributed by atoms with Crippen molar-refractivity contribution in [3.8, 4) is 0 Å². The molecule has 0 aromatic carbocycles. The number of aliphatic hydroxyl groups excluding tert-OH is 1.